The fourth-order valence-corrected chi connectivity index (χ4v) is 2.51. The highest BCUT2D eigenvalue weighted by atomic mass is 35.5. The number of nitrogens with one attached hydrogen (secondary N) is 1. The Bertz CT molecular complexity index is 845. The monoisotopic (exact) mass is 423 g/mol. The molecule has 1 heterocycles. The molecular weight excluding hydrogens is 402 g/mol. The molecular formula is C19H22ClN3O6. The number of nitrogens with two attached hydrogens (primary N) is 1. The van der Waals surface area contributed by atoms with E-state index >= 15 is 0 Å². The average Bonchev–Trinajstić information content (AvgIpc) is 2.71. The lowest BCUT2D eigenvalue weighted by atomic mass is 10.1. The topological polar surface area (TPSA) is 122 Å². The number of amides is 2. The smallest absolute Gasteiger partial charge is 0.255 e. The molecule has 156 valence electrons. The number of hydrogen-bond acceptors (Lipinski definition) is 7. The second kappa shape index (κ2) is 11.1. The summed E-state index contributed by atoms with van der Waals surface area (Å²) in [6.07, 6.45) is 1.61. The van der Waals surface area contributed by atoms with Gasteiger partial charge in [-0.1, -0.05) is 17.7 Å². The second-order valence-corrected chi connectivity index (χ2v) is 6.18. The molecule has 10 heteroatoms. The summed E-state index contributed by atoms with van der Waals surface area (Å²) in [6, 6.07) is 6.38. The predicted octanol–water partition coefficient (Wildman–Crippen LogP) is 1.56. The van der Waals surface area contributed by atoms with Gasteiger partial charge in [0, 0.05) is 31.5 Å². The van der Waals surface area contributed by atoms with Crippen LogP contribution in [0.4, 0.5) is 0 Å². The molecule has 2 amide bonds. The van der Waals surface area contributed by atoms with Crippen molar-refractivity contribution in [3.8, 4) is 17.4 Å². The number of rotatable bonds is 11. The standard InChI is InChI=1S/C19H22ClN3O6/c1-26-5-6-28-17-4-3-12(9-22-17)10-23-19(25)13-7-14(20)18(15(8-13)27-2)29-11-16(21)24/h3-4,7-9H,5-6,10-11H2,1-2H3,(H2,21,24)(H,23,25). The Morgan fingerprint density at radius 2 is 1.97 bits per heavy atom. The number of primary amides is 1. The first kappa shape index (κ1) is 22.3. The number of halogens is 1. The van der Waals surface area contributed by atoms with E-state index in [0.29, 0.717) is 19.1 Å². The molecule has 0 aliphatic heterocycles. The van der Waals surface area contributed by atoms with Gasteiger partial charge in [-0.05, 0) is 17.7 Å². The molecule has 3 N–H and O–H groups in total. The summed E-state index contributed by atoms with van der Waals surface area (Å²) >= 11 is 6.16. The summed E-state index contributed by atoms with van der Waals surface area (Å²) in [5.41, 5.74) is 6.12. The van der Waals surface area contributed by atoms with Gasteiger partial charge in [-0.3, -0.25) is 9.59 Å². The molecule has 0 saturated heterocycles. The van der Waals surface area contributed by atoms with Gasteiger partial charge in [0.2, 0.25) is 5.88 Å². The zero-order valence-electron chi connectivity index (χ0n) is 16.1. The van der Waals surface area contributed by atoms with Crippen molar-refractivity contribution in [2.24, 2.45) is 5.73 Å². The van der Waals surface area contributed by atoms with Crippen molar-refractivity contribution in [1.82, 2.24) is 10.3 Å². The van der Waals surface area contributed by atoms with Gasteiger partial charge >= 0.3 is 0 Å². The maximum Gasteiger partial charge on any atom is 0.255 e. The Morgan fingerprint density at radius 1 is 1.17 bits per heavy atom. The van der Waals surface area contributed by atoms with Crippen LogP contribution in [0.3, 0.4) is 0 Å². The van der Waals surface area contributed by atoms with Crippen LogP contribution >= 0.6 is 11.6 Å². The molecule has 0 radical (unpaired) electrons. The molecule has 2 rings (SSSR count). The molecule has 2 aromatic rings. The van der Waals surface area contributed by atoms with Gasteiger partial charge < -0.3 is 30.0 Å². The summed E-state index contributed by atoms with van der Waals surface area (Å²) in [5, 5.41) is 2.89. The van der Waals surface area contributed by atoms with Crippen LogP contribution in [0.5, 0.6) is 17.4 Å². The number of benzene rings is 1. The molecule has 0 unspecified atom stereocenters. The number of carbonyl (C=O) groups is 2. The fraction of sp³-hybridized carbons (Fsp3) is 0.316. The van der Waals surface area contributed by atoms with E-state index in [1.807, 2.05) is 0 Å². The first-order valence-electron chi connectivity index (χ1n) is 8.58. The van der Waals surface area contributed by atoms with Gasteiger partial charge in [0.25, 0.3) is 11.8 Å². The third kappa shape index (κ3) is 6.81. The van der Waals surface area contributed by atoms with Crippen LogP contribution in [-0.2, 0) is 16.1 Å². The summed E-state index contributed by atoms with van der Waals surface area (Å²) in [6.45, 7) is 0.767. The number of hydrogen-bond donors (Lipinski definition) is 2. The van der Waals surface area contributed by atoms with Gasteiger partial charge in [0.05, 0.1) is 18.7 Å². The van der Waals surface area contributed by atoms with Crippen molar-refractivity contribution < 1.29 is 28.5 Å². The first-order valence-corrected chi connectivity index (χ1v) is 8.96. The lowest BCUT2D eigenvalue weighted by Gasteiger charge is -2.13. The predicted molar refractivity (Wildman–Crippen MR) is 105 cm³/mol. The second-order valence-electron chi connectivity index (χ2n) is 5.77. The molecule has 0 aliphatic carbocycles. The Kier molecular flexibility index (Phi) is 8.50. The highest BCUT2D eigenvalue weighted by molar-refractivity contribution is 6.32. The summed E-state index contributed by atoms with van der Waals surface area (Å²) < 4.78 is 20.7. The maximum atomic E-state index is 12.5. The van der Waals surface area contributed by atoms with E-state index in [1.54, 1.807) is 25.4 Å². The molecule has 1 aromatic carbocycles. The molecule has 0 spiro atoms. The van der Waals surface area contributed by atoms with Crippen molar-refractivity contribution in [3.05, 3.63) is 46.6 Å². The third-order valence-corrected chi connectivity index (χ3v) is 3.92. The number of pyridine rings is 1. The van der Waals surface area contributed by atoms with Gasteiger partial charge in [-0.25, -0.2) is 4.98 Å². The number of nitrogens with zero attached hydrogens (tertiary/aromatic N) is 1. The minimum absolute atomic E-state index is 0.120. The van der Waals surface area contributed by atoms with Crippen LogP contribution in [0, 0.1) is 0 Å². The number of ether oxygens (including phenoxy) is 4. The Balaban J connectivity index is 1.99. The molecule has 0 saturated carbocycles. The van der Waals surface area contributed by atoms with E-state index in [-0.39, 0.29) is 41.1 Å². The summed E-state index contributed by atoms with van der Waals surface area (Å²) in [4.78, 5) is 27.5. The Morgan fingerprint density at radius 3 is 2.59 bits per heavy atom. The summed E-state index contributed by atoms with van der Waals surface area (Å²) in [5.74, 6) is -0.207. The number of aromatic nitrogens is 1. The third-order valence-electron chi connectivity index (χ3n) is 3.64. The average molecular weight is 424 g/mol. The minimum atomic E-state index is -0.659. The van der Waals surface area contributed by atoms with Crippen LogP contribution < -0.4 is 25.3 Å². The van der Waals surface area contributed by atoms with Crippen molar-refractivity contribution in [2.75, 3.05) is 34.0 Å². The Labute approximate surface area is 173 Å². The number of carbonyl (C=O) groups excluding carboxylic acids is 2. The fourth-order valence-electron chi connectivity index (χ4n) is 2.25. The SMILES string of the molecule is COCCOc1ccc(CNC(=O)c2cc(Cl)c(OCC(N)=O)c(OC)c2)cn1. The minimum Gasteiger partial charge on any atom is -0.493 e. The van der Waals surface area contributed by atoms with Crippen LogP contribution in [0.1, 0.15) is 15.9 Å². The van der Waals surface area contributed by atoms with Crippen LogP contribution in [0.15, 0.2) is 30.5 Å². The highest BCUT2D eigenvalue weighted by Crippen LogP contribution is 2.36. The van der Waals surface area contributed by atoms with Crippen molar-refractivity contribution in [1.29, 1.82) is 0 Å². The van der Waals surface area contributed by atoms with E-state index in [4.69, 9.17) is 36.3 Å². The zero-order chi connectivity index (χ0) is 21.2. The summed E-state index contributed by atoms with van der Waals surface area (Å²) in [7, 11) is 2.99. The van der Waals surface area contributed by atoms with Crippen LogP contribution in [-0.4, -0.2) is 50.8 Å². The van der Waals surface area contributed by atoms with Crippen molar-refractivity contribution >= 4 is 23.4 Å². The lowest BCUT2D eigenvalue weighted by molar-refractivity contribution is -0.119. The van der Waals surface area contributed by atoms with Gasteiger partial charge in [-0.15, -0.1) is 0 Å². The zero-order valence-corrected chi connectivity index (χ0v) is 16.8. The van der Waals surface area contributed by atoms with Crippen LogP contribution in [0.2, 0.25) is 5.02 Å². The number of methoxy groups -OCH3 is 2. The molecule has 0 atom stereocenters. The Hall–Kier alpha value is -3.04. The molecule has 0 aliphatic rings. The molecule has 1 aromatic heterocycles. The normalized spacial score (nSPS) is 10.3. The van der Waals surface area contributed by atoms with E-state index < -0.39 is 5.91 Å². The molecule has 0 fully saturated rings. The largest absolute Gasteiger partial charge is 0.493 e. The maximum absolute atomic E-state index is 12.5. The van der Waals surface area contributed by atoms with E-state index in [2.05, 4.69) is 10.3 Å². The quantitative estimate of drug-likeness (QED) is 0.526. The highest BCUT2D eigenvalue weighted by Gasteiger charge is 2.16. The van der Waals surface area contributed by atoms with Crippen LogP contribution in [0.25, 0.3) is 0 Å². The molecule has 29 heavy (non-hydrogen) atoms. The molecule has 0 bridgehead atoms. The van der Waals surface area contributed by atoms with Crippen molar-refractivity contribution in [3.63, 3.8) is 0 Å². The van der Waals surface area contributed by atoms with Crippen molar-refractivity contribution in [2.45, 2.75) is 6.54 Å². The van der Waals surface area contributed by atoms with Gasteiger partial charge in [0.1, 0.15) is 6.61 Å². The van der Waals surface area contributed by atoms with E-state index in [1.165, 1.54) is 19.2 Å². The van der Waals surface area contributed by atoms with E-state index in [0.717, 1.165) is 5.56 Å². The van der Waals surface area contributed by atoms with Gasteiger partial charge in [0.15, 0.2) is 18.1 Å². The van der Waals surface area contributed by atoms with Gasteiger partial charge in [-0.2, -0.15) is 0 Å². The first-order chi connectivity index (χ1) is 13.9. The molecule has 9 nitrogen and oxygen atoms in total. The lowest BCUT2D eigenvalue weighted by Crippen LogP contribution is -2.23. The van der Waals surface area contributed by atoms with E-state index in [9.17, 15) is 9.59 Å².